The lowest BCUT2D eigenvalue weighted by molar-refractivity contribution is -0.155. The summed E-state index contributed by atoms with van der Waals surface area (Å²) in [5.41, 5.74) is 4.70. The van der Waals surface area contributed by atoms with Crippen molar-refractivity contribution >= 4 is 28.6 Å². The topological polar surface area (TPSA) is 133 Å². The van der Waals surface area contributed by atoms with Gasteiger partial charge in [0.1, 0.15) is 6.54 Å². The van der Waals surface area contributed by atoms with Crippen molar-refractivity contribution in [1.82, 2.24) is 15.1 Å². The molecular formula is C21H26N4O5. The van der Waals surface area contributed by atoms with Gasteiger partial charge in [0.2, 0.25) is 0 Å². The molecule has 0 radical (unpaired) electrons. The lowest BCUT2D eigenvalue weighted by Gasteiger charge is -2.19. The summed E-state index contributed by atoms with van der Waals surface area (Å²) in [6, 6.07) is 6.47. The van der Waals surface area contributed by atoms with Gasteiger partial charge in [-0.15, -0.1) is 0 Å². The summed E-state index contributed by atoms with van der Waals surface area (Å²) in [6.45, 7) is 0.945. The Balaban J connectivity index is 1.69. The van der Waals surface area contributed by atoms with E-state index in [0.717, 1.165) is 43.2 Å². The standard InChI is InChI=1S/C21H26N4O5/c1-13(20(28)23-14-8-4-2-3-5-9-14)30-17(26)12-25-21(29)16-11-7-6-10-15(16)18(24-25)19(22)27/h6-7,10-11,13-14H,2-5,8-9,12H2,1H3,(H2,22,27)(H,23,28)/t13-/m1/s1. The highest BCUT2D eigenvalue weighted by Crippen LogP contribution is 2.17. The van der Waals surface area contributed by atoms with Crippen LogP contribution in [0.4, 0.5) is 0 Å². The molecule has 0 aliphatic heterocycles. The number of rotatable bonds is 6. The number of hydrogen-bond donors (Lipinski definition) is 2. The normalized spacial score (nSPS) is 15.9. The Hall–Kier alpha value is -3.23. The fraction of sp³-hybridized carbons (Fsp3) is 0.476. The minimum atomic E-state index is -1.01. The number of amides is 2. The van der Waals surface area contributed by atoms with Crippen molar-refractivity contribution in [3.8, 4) is 0 Å². The molecule has 0 bridgehead atoms. The van der Waals surface area contributed by atoms with Gasteiger partial charge in [0.15, 0.2) is 11.8 Å². The van der Waals surface area contributed by atoms with E-state index in [1.807, 2.05) is 0 Å². The monoisotopic (exact) mass is 414 g/mol. The SMILES string of the molecule is C[C@@H](OC(=O)Cn1nc(C(N)=O)c2ccccc2c1=O)C(=O)NC1CCCCCC1. The molecule has 1 atom stereocenters. The van der Waals surface area contributed by atoms with Crippen LogP contribution in [0.15, 0.2) is 29.1 Å². The first-order chi connectivity index (χ1) is 14.4. The average molecular weight is 414 g/mol. The van der Waals surface area contributed by atoms with Gasteiger partial charge in [-0.3, -0.25) is 19.2 Å². The van der Waals surface area contributed by atoms with Crippen LogP contribution in [-0.2, 0) is 20.9 Å². The second kappa shape index (κ2) is 9.51. The van der Waals surface area contributed by atoms with Crippen LogP contribution in [0.1, 0.15) is 55.9 Å². The highest BCUT2D eigenvalue weighted by atomic mass is 16.5. The van der Waals surface area contributed by atoms with Gasteiger partial charge >= 0.3 is 5.97 Å². The predicted molar refractivity (Wildman–Crippen MR) is 110 cm³/mol. The molecule has 0 unspecified atom stereocenters. The molecule has 1 saturated carbocycles. The molecule has 0 saturated heterocycles. The van der Waals surface area contributed by atoms with Crippen molar-refractivity contribution in [2.24, 2.45) is 5.73 Å². The summed E-state index contributed by atoms with van der Waals surface area (Å²) < 4.78 is 6.02. The van der Waals surface area contributed by atoms with Crippen LogP contribution >= 0.6 is 0 Å². The molecule has 30 heavy (non-hydrogen) atoms. The summed E-state index contributed by atoms with van der Waals surface area (Å²) in [6.07, 6.45) is 5.29. The number of esters is 1. The third-order valence-corrected chi connectivity index (χ3v) is 5.26. The average Bonchev–Trinajstić information content (AvgIpc) is 2.98. The van der Waals surface area contributed by atoms with Crippen LogP contribution in [0, 0.1) is 0 Å². The summed E-state index contributed by atoms with van der Waals surface area (Å²) in [5, 5.41) is 7.38. The number of aromatic nitrogens is 2. The zero-order valence-electron chi connectivity index (χ0n) is 16.9. The van der Waals surface area contributed by atoms with Crippen molar-refractivity contribution in [2.75, 3.05) is 0 Å². The van der Waals surface area contributed by atoms with E-state index in [0.29, 0.717) is 5.39 Å². The molecule has 160 valence electrons. The Kier molecular flexibility index (Phi) is 6.81. The zero-order chi connectivity index (χ0) is 21.7. The Bertz CT molecular complexity index is 1010. The van der Waals surface area contributed by atoms with Crippen LogP contribution < -0.4 is 16.6 Å². The molecule has 3 rings (SSSR count). The van der Waals surface area contributed by atoms with Gasteiger partial charge in [-0.1, -0.05) is 43.9 Å². The highest BCUT2D eigenvalue weighted by Gasteiger charge is 2.23. The third-order valence-electron chi connectivity index (χ3n) is 5.26. The number of hydrogen-bond acceptors (Lipinski definition) is 6. The molecule has 2 aromatic rings. The number of carbonyl (C=O) groups excluding carboxylic acids is 3. The van der Waals surface area contributed by atoms with E-state index in [1.54, 1.807) is 18.2 Å². The summed E-state index contributed by atoms with van der Waals surface area (Å²) in [7, 11) is 0. The van der Waals surface area contributed by atoms with E-state index in [1.165, 1.54) is 13.0 Å². The van der Waals surface area contributed by atoms with Crippen LogP contribution in [0.5, 0.6) is 0 Å². The summed E-state index contributed by atoms with van der Waals surface area (Å²) in [5.74, 6) is -1.99. The van der Waals surface area contributed by atoms with Gasteiger partial charge in [-0.05, 0) is 25.8 Å². The lowest BCUT2D eigenvalue weighted by Crippen LogP contribution is -2.42. The third kappa shape index (κ3) is 5.03. The predicted octanol–water partition coefficient (Wildman–Crippen LogP) is 1.27. The second-order valence-corrected chi connectivity index (χ2v) is 7.55. The van der Waals surface area contributed by atoms with Crippen molar-refractivity contribution < 1.29 is 19.1 Å². The van der Waals surface area contributed by atoms with Gasteiger partial charge in [-0.25, -0.2) is 4.68 Å². The number of ether oxygens (including phenoxy) is 1. The van der Waals surface area contributed by atoms with Gasteiger partial charge in [0.05, 0.1) is 5.39 Å². The molecule has 2 amide bonds. The van der Waals surface area contributed by atoms with E-state index in [-0.39, 0.29) is 23.0 Å². The van der Waals surface area contributed by atoms with E-state index in [2.05, 4.69) is 10.4 Å². The fourth-order valence-corrected chi connectivity index (χ4v) is 3.68. The van der Waals surface area contributed by atoms with Crippen molar-refractivity contribution in [2.45, 2.75) is 64.1 Å². The number of fused-ring (bicyclic) bond motifs is 1. The first kappa shape index (κ1) is 21.5. The van der Waals surface area contributed by atoms with Gasteiger partial charge < -0.3 is 15.8 Å². The highest BCUT2D eigenvalue weighted by molar-refractivity contribution is 6.04. The Morgan fingerprint density at radius 2 is 1.80 bits per heavy atom. The first-order valence-corrected chi connectivity index (χ1v) is 10.2. The first-order valence-electron chi connectivity index (χ1n) is 10.2. The molecule has 1 fully saturated rings. The van der Waals surface area contributed by atoms with Crippen LogP contribution in [0.3, 0.4) is 0 Å². The summed E-state index contributed by atoms with van der Waals surface area (Å²) in [4.78, 5) is 49.0. The number of nitrogens with zero attached hydrogens (tertiary/aromatic N) is 2. The number of nitrogens with one attached hydrogen (secondary N) is 1. The molecule has 1 aromatic heterocycles. The fourth-order valence-electron chi connectivity index (χ4n) is 3.68. The van der Waals surface area contributed by atoms with Crippen molar-refractivity contribution in [3.05, 3.63) is 40.3 Å². The van der Waals surface area contributed by atoms with Crippen LogP contribution in [-0.4, -0.2) is 39.7 Å². The molecule has 0 spiro atoms. The quantitative estimate of drug-likeness (QED) is 0.540. The number of primary amides is 1. The molecule has 1 aromatic carbocycles. The maximum atomic E-state index is 12.6. The number of carbonyl (C=O) groups is 3. The number of nitrogens with two attached hydrogens (primary N) is 1. The van der Waals surface area contributed by atoms with Gasteiger partial charge in [0, 0.05) is 11.4 Å². The molecule has 1 aliphatic rings. The van der Waals surface area contributed by atoms with E-state index in [4.69, 9.17) is 10.5 Å². The Labute approximate surface area is 173 Å². The van der Waals surface area contributed by atoms with Crippen molar-refractivity contribution in [3.63, 3.8) is 0 Å². The van der Waals surface area contributed by atoms with E-state index < -0.39 is 30.1 Å². The lowest BCUT2D eigenvalue weighted by atomic mass is 10.1. The zero-order valence-corrected chi connectivity index (χ0v) is 16.9. The molecule has 9 heteroatoms. The second-order valence-electron chi connectivity index (χ2n) is 7.55. The van der Waals surface area contributed by atoms with Crippen molar-refractivity contribution in [1.29, 1.82) is 0 Å². The van der Waals surface area contributed by atoms with E-state index in [9.17, 15) is 19.2 Å². The maximum Gasteiger partial charge on any atom is 0.328 e. The van der Waals surface area contributed by atoms with Gasteiger partial charge in [0.25, 0.3) is 17.4 Å². The molecule has 1 aliphatic carbocycles. The minimum Gasteiger partial charge on any atom is -0.451 e. The molecular weight excluding hydrogens is 388 g/mol. The Morgan fingerprint density at radius 3 is 2.43 bits per heavy atom. The molecule has 3 N–H and O–H groups in total. The molecule has 9 nitrogen and oxygen atoms in total. The maximum absolute atomic E-state index is 12.6. The Morgan fingerprint density at radius 1 is 1.17 bits per heavy atom. The largest absolute Gasteiger partial charge is 0.451 e. The van der Waals surface area contributed by atoms with Crippen LogP contribution in [0.25, 0.3) is 10.8 Å². The van der Waals surface area contributed by atoms with Crippen LogP contribution in [0.2, 0.25) is 0 Å². The number of benzene rings is 1. The van der Waals surface area contributed by atoms with Gasteiger partial charge in [-0.2, -0.15) is 5.10 Å². The minimum absolute atomic E-state index is 0.0871. The van der Waals surface area contributed by atoms with E-state index >= 15 is 0 Å². The molecule has 1 heterocycles. The summed E-state index contributed by atoms with van der Waals surface area (Å²) >= 11 is 0. The smallest absolute Gasteiger partial charge is 0.328 e.